The molecule has 4 amide bonds. The number of hydrogen-bond donors (Lipinski definition) is 4. The molecule has 0 spiro atoms. The average Bonchev–Trinajstić information content (AvgIpc) is 3.95. The second kappa shape index (κ2) is 25.7. The maximum atomic E-state index is 14.3. The Hall–Kier alpha value is -5.65. The normalized spacial score (nSPS) is 25.8. The van der Waals surface area contributed by atoms with Gasteiger partial charge in [0, 0.05) is 77.4 Å². The predicted molar refractivity (Wildman–Crippen MR) is 275 cm³/mol. The molecule has 4 N–H and O–H groups in total. The van der Waals surface area contributed by atoms with Gasteiger partial charge in [0.25, 0.3) is 0 Å². The van der Waals surface area contributed by atoms with Crippen LogP contribution in [0.4, 0.5) is 10.5 Å². The maximum Gasteiger partial charge on any atom is 0.409 e. The SMILES string of the molecule is CNN(C)Cc1cc2cccnc2n1CCC(=O)NCCOCCOCCC(=O)N(C)[C@@H](C)C(=O)O[C@H]1CC(=O)N(C)c2cc(cc(OC)c2Cl)C/C(C)=C/C=C/[C@@H](OC)[C@@]2(O)C[C@H](OC(=O)N2)[C@@H](C)C2O[C@]21C. The zero-order valence-corrected chi connectivity index (χ0v) is 44.9. The number of hydrogen-bond acceptors (Lipinski definition) is 16. The Morgan fingerprint density at radius 1 is 1.09 bits per heavy atom. The minimum absolute atomic E-state index is 0.0455. The number of ether oxygens (including phenoxy) is 7. The highest BCUT2D eigenvalue weighted by molar-refractivity contribution is 6.35. The van der Waals surface area contributed by atoms with E-state index in [1.54, 1.807) is 51.4 Å². The third-order valence-electron chi connectivity index (χ3n) is 14.0. The van der Waals surface area contributed by atoms with Crippen molar-refractivity contribution in [1.29, 1.82) is 0 Å². The molecule has 2 fully saturated rings. The highest BCUT2D eigenvalue weighted by Crippen LogP contribution is 2.49. The van der Waals surface area contributed by atoms with Crippen molar-refractivity contribution in [3.05, 3.63) is 76.6 Å². The van der Waals surface area contributed by atoms with Gasteiger partial charge in [-0.3, -0.25) is 25.1 Å². The molecular formula is C52H73ClN8O13. The largest absolute Gasteiger partial charge is 0.495 e. The maximum absolute atomic E-state index is 14.3. The molecule has 21 nitrogen and oxygen atoms in total. The summed E-state index contributed by atoms with van der Waals surface area (Å²) in [7, 11) is 9.73. The third-order valence-corrected chi connectivity index (χ3v) is 14.4. The Bertz CT molecular complexity index is 2540. The van der Waals surface area contributed by atoms with Gasteiger partial charge in [-0.15, -0.1) is 0 Å². The molecule has 4 bridgehead atoms. The number of methoxy groups -OCH3 is 2. The van der Waals surface area contributed by atoms with Crippen LogP contribution in [0.25, 0.3) is 11.0 Å². The lowest BCUT2D eigenvalue weighted by molar-refractivity contribution is -0.162. The van der Waals surface area contributed by atoms with Crippen LogP contribution >= 0.6 is 11.6 Å². The molecule has 6 rings (SSSR count). The van der Waals surface area contributed by atoms with Crippen LogP contribution in [0.1, 0.15) is 64.6 Å². The number of esters is 1. The van der Waals surface area contributed by atoms with Gasteiger partial charge in [0.15, 0.2) is 5.72 Å². The molecule has 0 radical (unpaired) electrons. The number of anilines is 1. The summed E-state index contributed by atoms with van der Waals surface area (Å²) in [6, 6.07) is 8.45. The third kappa shape index (κ3) is 14.2. The predicted octanol–water partition coefficient (Wildman–Crippen LogP) is 4.06. The van der Waals surface area contributed by atoms with Crippen LogP contribution in [0.5, 0.6) is 5.75 Å². The minimum atomic E-state index is -1.86. The Morgan fingerprint density at radius 2 is 1.84 bits per heavy atom. The van der Waals surface area contributed by atoms with Crippen molar-refractivity contribution in [1.82, 2.24) is 35.5 Å². The van der Waals surface area contributed by atoms with Crippen molar-refractivity contribution in [3.63, 3.8) is 0 Å². The van der Waals surface area contributed by atoms with Gasteiger partial charge in [0.05, 0.1) is 64.7 Å². The smallest absolute Gasteiger partial charge is 0.409 e. The minimum Gasteiger partial charge on any atom is -0.495 e. The molecular weight excluding hydrogens is 980 g/mol. The fraction of sp³-hybridized carbons (Fsp3) is 0.577. The number of likely N-dealkylation sites (N-methyl/N-ethyl adjacent to an activating group) is 1. The first-order chi connectivity index (χ1) is 35.2. The number of pyridine rings is 1. The van der Waals surface area contributed by atoms with E-state index in [1.165, 1.54) is 38.0 Å². The number of aromatic nitrogens is 2. The molecule has 0 saturated carbocycles. The lowest BCUT2D eigenvalue weighted by Crippen LogP contribution is -2.63. The van der Waals surface area contributed by atoms with E-state index in [4.69, 9.17) is 44.8 Å². The van der Waals surface area contributed by atoms with E-state index in [0.29, 0.717) is 37.5 Å². The lowest BCUT2D eigenvalue weighted by atomic mass is 9.83. The monoisotopic (exact) mass is 1050 g/mol. The van der Waals surface area contributed by atoms with E-state index in [2.05, 4.69) is 31.7 Å². The van der Waals surface area contributed by atoms with Crippen molar-refractivity contribution in [2.75, 3.05) is 80.3 Å². The van der Waals surface area contributed by atoms with E-state index in [1.807, 2.05) is 44.2 Å². The van der Waals surface area contributed by atoms with Crippen molar-refractivity contribution < 1.29 is 62.2 Å². The van der Waals surface area contributed by atoms with Crippen molar-refractivity contribution in [2.24, 2.45) is 5.92 Å². The van der Waals surface area contributed by atoms with Gasteiger partial charge in [-0.25, -0.2) is 19.6 Å². The first-order valence-corrected chi connectivity index (χ1v) is 25.2. The van der Waals surface area contributed by atoms with E-state index in [-0.39, 0.29) is 63.0 Å². The number of halogens is 1. The Labute approximate surface area is 437 Å². The van der Waals surface area contributed by atoms with Crippen molar-refractivity contribution >= 4 is 58.1 Å². The van der Waals surface area contributed by atoms with E-state index < -0.39 is 71.6 Å². The highest BCUT2D eigenvalue weighted by Gasteiger charge is 2.64. The molecule has 0 aliphatic carbocycles. The number of epoxide rings is 1. The number of nitrogens with one attached hydrogen (secondary N) is 3. The number of benzene rings is 1. The van der Waals surface area contributed by atoms with Gasteiger partial charge in [-0.1, -0.05) is 42.3 Å². The molecule has 3 aliphatic rings. The summed E-state index contributed by atoms with van der Waals surface area (Å²) in [6.07, 6.45) is 2.56. The fourth-order valence-corrected chi connectivity index (χ4v) is 9.60. The summed E-state index contributed by atoms with van der Waals surface area (Å²) in [5.41, 5.74) is 3.88. The van der Waals surface area contributed by atoms with Gasteiger partial charge >= 0.3 is 12.1 Å². The topological polar surface area (TPSA) is 237 Å². The number of allylic oxidation sites excluding steroid dienone is 3. The van der Waals surface area contributed by atoms with Gasteiger partial charge in [0.2, 0.25) is 17.7 Å². The van der Waals surface area contributed by atoms with Crippen LogP contribution in [-0.4, -0.2) is 172 Å². The van der Waals surface area contributed by atoms with Gasteiger partial charge in [-0.05, 0) is 70.1 Å². The first kappa shape index (κ1) is 57.6. The van der Waals surface area contributed by atoms with Gasteiger partial charge in [0.1, 0.15) is 46.4 Å². The quantitative estimate of drug-likeness (QED) is 0.0541. The molecule has 8 atom stereocenters. The van der Waals surface area contributed by atoms with Crippen LogP contribution in [0, 0.1) is 5.92 Å². The molecule has 22 heteroatoms. The van der Waals surface area contributed by atoms with Gasteiger partial charge < -0.3 is 57.9 Å². The zero-order valence-electron chi connectivity index (χ0n) is 44.1. The van der Waals surface area contributed by atoms with E-state index in [0.717, 1.165) is 27.9 Å². The molecule has 1 unspecified atom stereocenters. The number of fused-ring (bicyclic) bond motifs is 6. The van der Waals surface area contributed by atoms with Crippen LogP contribution in [0.3, 0.4) is 0 Å². The first-order valence-electron chi connectivity index (χ1n) is 24.8. The van der Waals surface area contributed by atoms with Crippen LogP contribution < -0.4 is 25.7 Å². The summed E-state index contributed by atoms with van der Waals surface area (Å²) in [5, 5.41) is 20.4. The standard InChI is InChI=1S/C52H73ClN8O13/c1-32-13-11-15-41(69-10)52(67)30-40(72-50(66)57-52)33(2)47-51(4,74-47)42(29-45(64)60(8)38-26-35(25-32)27-39(68-9)46(38)53)73-49(65)34(3)59(7)44(63)17-21-70-23-24-71-22-19-55-43(62)16-20-61-37(31-58(6)54-5)28-36-14-12-18-56-48(36)61/h11-15,18,26-28,33-34,40-42,47,54,67H,16-17,19-25,29-31H2,1-10H3,(H,55,62)(H,57,66)/b15-11+,32-13+/t33-,34+,40+,41-,42+,47?,51+,52+/m1/s1. The van der Waals surface area contributed by atoms with Crippen molar-refractivity contribution in [2.45, 2.75) is 115 Å². The molecule has 406 valence electrons. The summed E-state index contributed by atoms with van der Waals surface area (Å²) >= 11 is 6.82. The molecule has 74 heavy (non-hydrogen) atoms. The van der Waals surface area contributed by atoms with Crippen LogP contribution in [0.2, 0.25) is 5.02 Å². The Kier molecular flexibility index (Phi) is 20.0. The zero-order chi connectivity index (χ0) is 53.9. The number of aryl methyl sites for hydroxylation is 1. The lowest BCUT2D eigenvalue weighted by Gasteiger charge is -2.42. The molecule has 2 aromatic heterocycles. The summed E-state index contributed by atoms with van der Waals surface area (Å²) in [5.74, 6) is -1.99. The van der Waals surface area contributed by atoms with Crippen molar-refractivity contribution in [3.8, 4) is 5.75 Å². The molecule has 5 heterocycles. The summed E-state index contributed by atoms with van der Waals surface area (Å²) in [4.78, 5) is 74.5. The number of hydrazine groups is 1. The van der Waals surface area contributed by atoms with E-state index in [9.17, 15) is 29.1 Å². The molecule has 3 aromatic rings. The summed E-state index contributed by atoms with van der Waals surface area (Å²) < 4.78 is 42.8. The number of aliphatic hydroxyl groups is 1. The van der Waals surface area contributed by atoms with Crippen LogP contribution in [0.15, 0.2) is 60.3 Å². The number of carbonyl (C=O) groups excluding carboxylic acids is 5. The number of amides is 4. The molecule has 1 aromatic carbocycles. The Balaban J connectivity index is 1.02. The number of alkyl carbamates (subject to hydrolysis) is 1. The second-order valence-electron chi connectivity index (χ2n) is 19.3. The van der Waals surface area contributed by atoms with E-state index >= 15 is 0 Å². The number of nitrogens with zero attached hydrogens (tertiary/aromatic N) is 5. The number of rotatable bonds is 20. The number of carbonyl (C=O) groups is 5. The van der Waals surface area contributed by atoms with Gasteiger partial charge in [-0.2, -0.15) is 0 Å². The fourth-order valence-electron chi connectivity index (χ4n) is 9.28. The van der Waals surface area contributed by atoms with Crippen LogP contribution in [-0.2, 0) is 67.1 Å². The molecule has 3 aliphatic heterocycles. The molecule has 2 saturated heterocycles. The second-order valence-corrected chi connectivity index (χ2v) is 19.6. The average molecular weight is 1050 g/mol. The highest BCUT2D eigenvalue weighted by atomic mass is 35.5. The Morgan fingerprint density at radius 3 is 2.55 bits per heavy atom. The summed E-state index contributed by atoms with van der Waals surface area (Å²) in [6.45, 7) is 9.09.